The third-order valence-electron chi connectivity index (χ3n) is 2.99. The average Bonchev–Trinajstić information content (AvgIpc) is 2.58. The number of benzene rings is 2. The number of non-ortho nitro benzene ring substituents is 1. The molecule has 8 heteroatoms. The van der Waals surface area contributed by atoms with E-state index in [1.54, 1.807) is 0 Å². The van der Waals surface area contributed by atoms with E-state index in [9.17, 15) is 19.7 Å². The summed E-state index contributed by atoms with van der Waals surface area (Å²) >= 11 is 0. The zero-order valence-electron chi connectivity index (χ0n) is 12.5. The molecule has 0 saturated heterocycles. The molecule has 1 amide bonds. The summed E-state index contributed by atoms with van der Waals surface area (Å²) in [5, 5.41) is 10.6. The minimum atomic E-state index is -0.596. The third-order valence-corrected chi connectivity index (χ3v) is 2.99. The molecule has 0 unspecified atom stereocenters. The van der Waals surface area contributed by atoms with Crippen molar-refractivity contribution in [2.45, 2.75) is 6.61 Å². The van der Waals surface area contributed by atoms with Crippen LogP contribution in [-0.4, -0.2) is 23.4 Å². The minimum Gasteiger partial charge on any atom is -0.484 e. The van der Waals surface area contributed by atoms with Crippen LogP contribution in [0.1, 0.15) is 15.9 Å². The number of ether oxygens (including phenoxy) is 2. The van der Waals surface area contributed by atoms with Crippen LogP contribution in [-0.2, 0) is 16.1 Å². The van der Waals surface area contributed by atoms with Gasteiger partial charge in [-0.1, -0.05) is 0 Å². The largest absolute Gasteiger partial charge is 0.484 e. The van der Waals surface area contributed by atoms with Crippen LogP contribution in [0.15, 0.2) is 48.5 Å². The highest BCUT2D eigenvalue weighted by atomic mass is 16.6. The molecule has 0 heterocycles. The minimum absolute atomic E-state index is 0.00322. The maximum absolute atomic E-state index is 11.9. The first kappa shape index (κ1) is 16.9. The molecule has 0 spiro atoms. The predicted octanol–water partition coefficient (Wildman–Crippen LogP) is 1.82. The van der Waals surface area contributed by atoms with Gasteiger partial charge in [0.2, 0.25) is 0 Å². The standard InChI is InChI=1S/C16H14N2O6/c17-15(19)10-23-14-7-3-12(4-8-14)16(20)24-9-11-1-5-13(6-2-11)18(21)22/h1-8H,9-10H2,(H2,17,19). The fourth-order valence-corrected chi connectivity index (χ4v) is 1.79. The van der Waals surface area contributed by atoms with Crippen molar-refractivity contribution in [3.05, 3.63) is 69.8 Å². The number of hydrogen-bond acceptors (Lipinski definition) is 6. The molecular formula is C16H14N2O6. The second kappa shape index (κ2) is 7.73. The van der Waals surface area contributed by atoms with E-state index in [1.165, 1.54) is 48.5 Å². The molecule has 0 radical (unpaired) electrons. The number of nitrogens with zero attached hydrogens (tertiary/aromatic N) is 1. The molecule has 8 nitrogen and oxygen atoms in total. The first-order valence-electron chi connectivity index (χ1n) is 6.87. The van der Waals surface area contributed by atoms with Gasteiger partial charge in [0, 0.05) is 12.1 Å². The van der Waals surface area contributed by atoms with Crippen LogP contribution in [0.2, 0.25) is 0 Å². The van der Waals surface area contributed by atoms with E-state index in [0.29, 0.717) is 16.9 Å². The quantitative estimate of drug-likeness (QED) is 0.469. The monoisotopic (exact) mass is 330 g/mol. The van der Waals surface area contributed by atoms with Gasteiger partial charge in [-0.25, -0.2) is 4.79 Å². The zero-order valence-corrected chi connectivity index (χ0v) is 12.5. The van der Waals surface area contributed by atoms with Crippen molar-refractivity contribution >= 4 is 17.6 Å². The molecule has 0 aliphatic rings. The normalized spacial score (nSPS) is 10.0. The molecule has 0 bridgehead atoms. The van der Waals surface area contributed by atoms with E-state index in [0.717, 1.165) is 0 Å². The fourth-order valence-electron chi connectivity index (χ4n) is 1.79. The Bertz CT molecular complexity index is 740. The molecule has 2 aromatic rings. The van der Waals surface area contributed by atoms with Gasteiger partial charge in [0.25, 0.3) is 11.6 Å². The van der Waals surface area contributed by atoms with Crippen molar-refractivity contribution in [2.75, 3.05) is 6.61 Å². The first-order valence-corrected chi connectivity index (χ1v) is 6.87. The summed E-state index contributed by atoms with van der Waals surface area (Å²) in [6, 6.07) is 11.8. The Morgan fingerprint density at radius 2 is 1.67 bits per heavy atom. The smallest absolute Gasteiger partial charge is 0.338 e. The van der Waals surface area contributed by atoms with Crippen molar-refractivity contribution in [2.24, 2.45) is 5.73 Å². The van der Waals surface area contributed by atoms with E-state index in [1.807, 2.05) is 0 Å². The van der Waals surface area contributed by atoms with E-state index in [4.69, 9.17) is 15.2 Å². The lowest BCUT2D eigenvalue weighted by atomic mass is 10.2. The van der Waals surface area contributed by atoms with Crippen molar-refractivity contribution in [3.8, 4) is 5.75 Å². The Morgan fingerprint density at radius 1 is 1.04 bits per heavy atom. The lowest BCUT2D eigenvalue weighted by Crippen LogP contribution is -2.20. The average molecular weight is 330 g/mol. The van der Waals surface area contributed by atoms with E-state index < -0.39 is 16.8 Å². The highest BCUT2D eigenvalue weighted by Crippen LogP contribution is 2.15. The summed E-state index contributed by atoms with van der Waals surface area (Å²) in [7, 11) is 0. The zero-order chi connectivity index (χ0) is 17.5. The van der Waals surface area contributed by atoms with Gasteiger partial charge in [0.1, 0.15) is 12.4 Å². The number of esters is 1. The summed E-state index contributed by atoms with van der Waals surface area (Å²) < 4.78 is 10.2. The number of primary amides is 1. The second-order valence-electron chi connectivity index (χ2n) is 4.78. The maximum atomic E-state index is 11.9. The Balaban J connectivity index is 1.90. The number of nitrogens with two attached hydrogens (primary N) is 1. The summed E-state index contributed by atoms with van der Waals surface area (Å²) in [4.78, 5) is 32.6. The Kier molecular flexibility index (Phi) is 5.45. The molecule has 0 atom stereocenters. The molecule has 0 aliphatic heterocycles. The molecule has 2 aromatic carbocycles. The van der Waals surface area contributed by atoms with Crippen LogP contribution >= 0.6 is 0 Å². The molecule has 124 valence electrons. The Labute approximate surface area is 136 Å². The van der Waals surface area contributed by atoms with Crippen molar-refractivity contribution < 1.29 is 24.0 Å². The van der Waals surface area contributed by atoms with Gasteiger partial charge in [-0.2, -0.15) is 0 Å². The molecule has 0 aliphatic carbocycles. The molecule has 0 saturated carbocycles. The maximum Gasteiger partial charge on any atom is 0.338 e. The molecule has 2 rings (SSSR count). The highest BCUT2D eigenvalue weighted by molar-refractivity contribution is 5.89. The van der Waals surface area contributed by atoms with E-state index in [2.05, 4.69) is 0 Å². The second-order valence-corrected chi connectivity index (χ2v) is 4.78. The van der Waals surface area contributed by atoms with Crippen LogP contribution in [0.4, 0.5) is 5.69 Å². The SMILES string of the molecule is NC(=O)COc1ccc(C(=O)OCc2ccc([N+](=O)[O-])cc2)cc1. The van der Waals surface area contributed by atoms with Gasteiger partial charge < -0.3 is 15.2 Å². The topological polar surface area (TPSA) is 122 Å². The summed E-state index contributed by atoms with van der Waals surface area (Å²) in [6.45, 7) is -0.249. The van der Waals surface area contributed by atoms with Crippen LogP contribution in [0.25, 0.3) is 0 Å². The molecule has 2 N–H and O–H groups in total. The van der Waals surface area contributed by atoms with Gasteiger partial charge in [-0.05, 0) is 42.0 Å². The van der Waals surface area contributed by atoms with E-state index >= 15 is 0 Å². The summed E-state index contributed by atoms with van der Waals surface area (Å²) in [5.41, 5.74) is 5.88. The molecule has 24 heavy (non-hydrogen) atoms. The van der Waals surface area contributed by atoms with Crippen molar-refractivity contribution in [3.63, 3.8) is 0 Å². The van der Waals surface area contributed by atoms with Crippen LogP contribution < -0.4 is 10.5 Å². The number of rotatable bonds is 7. The lowest BCUT2D eigenvalue weighted by Gasteiger charge is -2.07. The summed E-state index contributed by atoms with van der Waals surface area (Å²) in [6.07, 6.45) is 0. The third kappa shape index (κ3) is 4.80. The van der Waals surface area contributed by atoms with Crippen molar-refractivity contribution in [1.82, 2.24) is 0 Å². The number of carbonyl (C=O) groups excluding carboxylic acids is 2. The molecule has 0 aromatic heterocycles. The number of carbonyl (C=O) groups is 2. The van der Waals surface area contributed by atoms with E-state index in [-0.39, 0.29) is 18.9 Å². The van der Waals surface area contributed by atoms with Crippen LogP contribution in [0, 0.1) is 10.1 Å². The number of nitro groups is 1. The Morgan fingerprint density at radius 3 is 2.21 bits per heavy atom. The van der Waals surface area contributed by atoms with Gasteiger partial charge in [-0.3, -0.25) is 14.9 Å². The predicted molar refractivity (Wildman–Crippen MR) is 83.3 cm³/mol. The first-order chi connectivity index (χ1) is 11.5. The summed E-state index contributed by atoms with van der Waals surface area (Å²) in [5.74, 6) is -0.739. The number of nitro benzene ring substituents is 1. The van der Waals surface area contributed by atoms with Gasteiger partial charge in [-0.15, -0.1) is 0 Å². The number of amides is 1. The Hall–Kier alpha value is -3.42. The van der Waals surface area contributed by atoms with Gasteiger partial charge in [0.15, 0.2) is 6.61 Å². The fraction of sp³-hybridized carbons (Fsp3) is 0.125. The lowest BCUT2D eigenvalue weighted by molar-refractivity contribution is -0.384. The van der Waals surface area contributed by atoms with Crippen LogP contribution in [0.5, 0.6) is 5.75 Å². The number of hydrogen-bond donors (Lipinski definition) is 1. The van der Waals surface area contributed by atoms with Gasteiger partial charge >= 0.3 is 5.97 Å². The van der Waals surface area contributed by atoms with Crippen molar-refractivity contribution in [1.29, 1.82) is 0 Å². The van der Waals surface area contributed by atoms with Crippen LogP contribution in [0.3, 0.4) is 0 Å². The van der Waals surface area contributed by atoms with Gasteiger partial charge in [0.05, 0.1) is 10.5 Å². The molecular weight excluding hydrogens is 316 g/mol. The molecule has 0 fully saturated rings. The highest BCUT2D eigenvalue weighted by Gasteiger charge is 2.09.